The van der Waals surface area contributed by atoms with Gasteiger partial charge in [0.1, 0.15) is 0 Å². The Hall–Kier alpha value is -0.910. The highest BCUT2D eigenvalue weighted by molar-refractivity contribution is 7.89. The summed E-state index contributed by atoms with van der Waals surface area (Å²) in [6.45, 7) is 6.54. The smallest absolute Gasteiger partial charge is 0.211 e. The second-order valence-electron chi connectivity index (χ2n) is 5.35. The van der Waals surface area contributed by atoms with Gasteiger partial charge in [-0.25, -0.2) is 13.1 Å². The predicted octanol–water partition coefficient (Wildman–Crippen LogP) is 2.24. The summed E-state index contributed by atoms with van der Waals surface area (Å²) in [7, 11) is -3.14. The average Bonchev–Trinajstić information content (AvgIpc) is 2.45. The maximum absolute atomic E-state index is 11.9. The summed E-state index contributed by atoms with van der Waals surface area (Å²) in [6.07, 6.45) is 3.46. The first-order chi connectivity index (χ1) is 10.0. The summed E-state index contributed by atoms with van der Waals surface area (Å²) in [6, 6.07) is 8.08. The Bertz CT molecular complexity index is 501. The number of sulfonamides is 1. The zero-order valence-electron chi connectivity index (χ0n) is 13.2. The number of rotatable bonds is 11. The predicted molar refractivity (Wildman–Crippen MR) is 89.1 cm³/mol. The van der Waals surface area contributed by atoms with E-state index in [9.17, 15) is 8.42 Å². The molecular weight excluding hydrogens is 284 g/mol. The number of hydrogen-bond acceptors (Lipinski definition) is 3. The molecule has 0 heterocycles. The lowest BCUT2D eigenvalue weighted by molar-refractivity contribution is 0.573. The largest absolute Gasteiger partial charge is 0.317 e. The number of benzene rings is 1. The molecule has 0 atom stereocenters. The molecule has 0 aliphatic carbocycles. The first kappa shape index (κ1) is 18.1. The summed E-state index contributed by atoms with van der Waals surface area (Å²) in [5, 5.41) is 3.28. The molecule has 1 rings (SSSR count). The summed E-state index contributed by atoms with van der Waals surface area (Å²) in [5.41, 5.74) is 2.41. The Kier molecular flexibility index (Phi) is 8.57. The molecule has 0 aliphatic rings. The molecule has 1 aromatic carbocycles. The van der Waals surface area contributed by atoms with E-state index in [4.69, 9.17) is 0 Å². The van der Waals surface area contributed by atoms with Gasteiger partial charge >= 0.3 is 0 Å². The second-order valence-corrected chi connectivity index (χ2v) is 7.27. The lowest BCUT2D eigenvalue weighted by Crippen LogP contribution is -2.29. The molecule has 0 fully saturated rings. The monoisotopic (exact) mass is 312 g/mol. The molecule has 1 aromatic rings. The van der Waals surface area contributed by atoms with Crippen LogP contribution in [0.2, 0.25) is 0 Å². The van der Waals surface area contributed by atoms with E-state index in [1.165, 1.54) is 11.1 Å². The lowest BCUT2D eigenvalue weighted by Gasteiger charge is -2.08. The standard InChI is InChI=1S/C16H28N2O2S/c1-3-11-17-12-6-7-14-21(19,20)18-13-10-16-9-5-4-8-15(16)2/h4-5,8-9,17-18H,3,6-7,10-14H2,1-2H3. The number of nitrogens with one attached hydrogen (secondary N) is 2. The van der Waals surface area contributed by atoms with E-state index < -0.39 is 10.0 Å². The molecule has 0 radical (unpaired) electrons. The summed E-state index contributed by atoms with van der Waals surface area (Å²) in [5.74, 6) is 0.217. The topological polar surface area (TPSA) is 58.2 Å². The van der Waals surface area contributed by atoms with Crippen molar-refractivity contribution in [3.63, 3.8) is 0 Å². The molecule has 0 unspecified atom stereocenters. The molecule has 0 bridgehead atoms. The van der Waals surface area contributed by atoms with E-state index in [-0.39, 0.29) is 5.75 Å². The zero-order valence-corrected chi connectivity index (χ0v) is 14.0. The number of unbranched alkanes of at least 4 members (excludes halogenated alkanes) is 1. The molecule has 0 saturated heterocycles. The van der Waals surface area contributed by atoms with Crippen molar-refractivity contribution in [3.05, 3.63) is 35.4 Å². The third kappa shape index (κ3) is 8.19. The normalized spacial score (nSPS) is 11.7. The highest BCUT2D eigenvalue weighted by atomic mass is 32.2. The van der Waals surface area contributed by atoms with Crippen molar-refractivity contribution >= 4 is 10.0 Å². The van der Waals surface area contributed by atoms with Crippen molar-refractivity contribution in [1.82, 2.24) is 10.0 Å². The Labute approximate surface area is 129 Å². The van der Waals surface area contributed by atoms with Crippen LogP contribution in [0.5, 0.6) is 0 Å². The fraction of sp³-hybridized carbons (Fsp3) is 0.625. The lowest BCUT2D eigenvalue weighted by atomic mass is 10.1. The highest BCUT2D eigenvalue weighted by Gasteiger charge is 2.09. The van der Waals surface area contributed by atoms with Gasteiger partial charge < -0.3 is 5.32 Å². The Morgan fingerprint density at radius 1 is 1.05 bits per heavy atom. The molecule has 120 valence electrons. The fourth-order valence-corrected chi connectivity index (χ4v) is 3.29. The van der Waals surface area contributed by atoms with Gasteiger partial charge in [0.05, 0.1) is 5.75 Å². The molecule has 0 spiro atoms. The molecular formula is C16H28N2O2S. The number of aryl methyl sites for hydroxylation is 1. The molecule has 2 N–H and O–H groups in total. The van der Waals surface area contributed by atoms with Crippen LogP contribution in [0, 0.1) is 6.92 Å². The molecule has 0 saturated carbocycles. The van der Waals surface area contributed by atoms with Crippen LogP contribution in [0.15, 0.2) is 24.3 Å². The van der Waals surface area contributed by atoms with Gasteiger partial charge in [0.15, 0.2) is 0 Å². The minimum Gasteiger partial charge on any atom is -0.317 e. The van der Waals surface area contributed by atoms with Crippen molar-refractivity contribution in [2.45, 2.75) is 39.5 Å². The Balaban J connectivity index is 2.19. The molecule has 0 amide bonds. The van der Waals surface area contributed by atoms with Crippen molar-refractivity contribution in [2.75, 3.05) is 25.4 Å². The number of hydrogen-bond donors (Lipinski definition) is 2. The van der Waals surface area contributed by atoms with Gasteiger partial charge in [-0.2, -0.15) is 0 Å². The molecule has 5 heteroatoms. The molecule has 4 nitrogen and oxygen atoms in total. The Morgan fingerprint density at radius 2 is 1.81 bits per heavy atom. The van der Waals surface area contributed by atoms with Crippen LogP contribution in [0.1, 0.15) is 37.3 Å². The minimum absolute atomic E-state index is 0.217. The van der Waals surface area contributed by atoms with E-state index in [2.05, 4.69) is 17.0 Å². The maximum atomic E-state index is 11.9. The SMILES string of the molecule is CCCNCCCCS(=O)(=O)NCCc1ccccc1C. The van der Waals surface area contributed by atoms with Gasteiger partial charge in [-0.3, -0.25) is 0 Å². The van der Waals surface area contributed by atoms with E-state index in [0.717, 1.165) is 32.4 Å². The average molecular weight is 312 g/mol. The van der Waals surface area contributed by atoms with Gasteiger partial charge in [-0.1, -0.05) is 31.2 Å². The molecule has 0 aromatic heterocycles. The third-order valence-electron chi connectivity index (χ3n) is 3.42. The van der Waals surface area contributed by atoms with Crippen molar-refractivity contribution < 1.29 is 8.42 Å². The van der Waals surface area contributed by atoms with E-state index in [1.807, 2.05) is 31.2 Å². The van der Waals surface area contributed by atoms with Crippen LogP contribution in [0.3, 0.4) is 0 Å². The summed E-state index contributed by atoms with van der Waals surface area (Å²) in [4.78, 5) is 0. The zero-order chi connectivity index (χ0) is 15.6. The van der Waals surface area contributed by atoms with Gasteiger partial charge in [-0.05, 0) is 56.8 Å². The minimum atomic E-state index is -3.14. The van der Waals surface area contributed by atoms with Gasteiger partial charge in [0.2, 0.25) is 10.0 Å². The quantitative estimate of drug-likeness (QED) is 0.616. The first-order valence-electron chi connectivity index (χ1n) is 7.77. The van der Waals surface area contributed by atoms with Crippen molar-refractivity contribution in [1.29, 1.82) is 0 Å². The summed E-state index contributed by atoms with van der Waals surface area (Å²) >= 11 is 0. The van der Waals surface area contributed by atoms with Gasteiger partial charge in [0.25, 0.3) is 0 Å². The van der Waals surface area contributed by atoms with Gasteiger partial charge in [0, 0.05) is 6.54 Å². The van der Waals surface area contributed by atoms with Crippen molar-refractivity contribution in [3.8, 4) is 0 Å². The summed E-state index contributed by atoms with van der Waals surface area (Å²) < 4.78 is 26.4. The van der Waals surface area contributed by atoms with Gasteiger partial charge in [-0.15, -0.1) is 0 Å². The van der Waals surface area contributed by atoms with Crippen LogP contribution in [0.25, 0.3) is 0 Å². The van der Waals surface area contributed by atoms with E-state index in [1.54, 1.807) is 0 Å². The van der Waals surface area contributed by atoms with Crippen molar-refractivity contribution in [2.24, 2.45) is 0 Å². The van der Waals surface area contributed by atoms with E-state index >= 15 is 0 Å². The van der Waals surface area contributed by atoms with Crippen LogP contribution in [-0.4, -0.2) is 33.8 Å². The third-order valence-corrected chi connectivity index (χ3v) is 4.89. The highest BCUT2D eigenvalue weighted by Crippen LogP contribution is 2.07. The van der Waals surface area contributed by atoms with Crippen LogP contribution < -0.4 is 10.0 Å². The second kappa shape index (κ2) is 9.92. The molecule has 0 aliphatic heterocycles. The van der Waals surface area contributed by atoms with E-state index in [0.29, 0.717) is 13.0 Å². The van der Waals surface area contributed by atoms with Crippen LogP contribution >= 0.6 is 0 Å². The first-order valence-corrected chi connectivity index (χ1v) is 9.43. The van der Waals surface area contributed by atoms with Crippen LogP contribution in [-0.2, 0) is 16.4 Å². The fourth-order valence-electron chi connectivity index (χ4n) is 2.15. The Morgan fingerprint density at radius 3 is 2.52 bits per heavy atom. The molecule has 21 heavy (non-hydrogen) atoms. The van der Waals surface area contributed by atoms with Crippen LogP contribution in [0.4, 0.5) is 0 Å². The maximum Gasteiger partial charge on any atom is 0.211 e.